The molecule has 0 radical (unpaired) electrons. The number of carbonyl (C=O) groups is 5. The molecular weight excluding hydrogens is 742 g/mol. The summed E-state index contributed by atoms with van der Waals surface area (Å²) >= 11 is 12.5. The third-order valence-electron chi connectivity index (χ3n) is 9.92. The van der Waals surface area contributed by atoms with Crippen molar-refractivity contribution >= 4 is 64.2 Å². The Labute approximate surface area is 318 Å². The molecule has 280 valence electrons. The van der Waals surface area contributed by atoms with Crippen molar-refractivity contribution < 1.29 is 33.1 Å². The Bertz CT molecular complexity index is 2190. The molecule has 2 saturated heterocycles. The first-order valence-electron chi connectivity index (χ1n) is 17.4. The van der Waals surface area contributed by atoms with Crippen LogP contribution < -0.4 is 21.1 Å². The number of imide groups is 2. The highest BCUT2D eigenvalue weighted by atomic mass is 35.5. The standard InChI is InChI=1S/C37H35Cl2FN8O6/c1-19(31-24(38)5-6-25(40)33(31)39)54-28-15-20(16-43-34(28)41)21-17-44-47(18-21)22-10-13-46(14-11-22)30(50)9-12-42-26-4-2-3-23-32(26)37(53)48(36(23)52)27-7-8-29(49)45-35(27)51/h2-6,15-19,22,27,42H,7-14H2,1H3,(H2,41,43)(H,45,49,51)/t19-,27?/m1/s1. The largest absolute Gasteiger partial charge is 0.482 e. The predicted octanol–water partition coefficient (Wildman–Crippen LogP) is 5.18. The molecule has 2 aromatic heterocycles. The highest BCUT2D eigenvalue weighted by molar-refractivity contribution is 6.36. The van der Waals surface area contributed by atoms with E-state index in [1.54, 1.807) is 42.4 Å². The number of amides is 5. The first kappa shape index (κ1) is 36.8. The summed E-state index contributed by atoms with van der Waals surface area (Å²) in [6, 6.07) is 8.12. The maximum absolute atomic E-state index is 14.1. The number of fused-ring (bicyclic) bond motifs is 1. The number of halogens is 3. The summed E-state index contributed by atoms with van der Waals surface area (Å²) in [7, 11) is 0. The van der Waals surface area contributed by atoms with Crippen LogP contribution in [0.3, 0.4) is 0 Å². The number of nitrogens with two attached hydrogens (primary N) is 1. The molecule has 0 bridgehead atoms. The Morgan fingerprint density at radius 2 is 1.85 bits per heavy atom. The van der Waals surface area contributed by atoms with Crippen LogP contribution in [0.1, 0.15) is 77.5 Å². The second-order valence-corrected chi connectivity index (χ2v) is 14.1. The van der Waals surface area contributed by atoms with E-state index in [1.165, 1.54) is 18.2 Å². The molecule has 3 aliphatic heterocycles. The summed E-state index contributed by atoms with van der Waals surface area (Å²) in [4.78, 5) is 70.7. The quantitative estimate of drug-likeness (QED) is 0.143. The third-order valence-corrected chi connectivity index (χ3v) is 10.6. The third kappa shape index (κ3) is 7.08. The van der Waals surface area contributed by atoms with Crippen molar-refractivity contribution in [2.75, 3.05) is 30.7 Å². The maximum Gasteiger partial charge on any atom is 0.264 e. The Morgan fingerprint density at radius 1 is 1.07 bits per heavy atom. The topological polar surface area (TPSA) is 182 Å². The normalized spacial score (nSPS) is 18.1. The number of nitrogens with zero attached hydrogens (tertiary/aromatic N) is 5. The summed E-state index contributed by atoms with van der Waals surface area (Å²) in [6.45, 7) is 2.96. The minimum Gasteiger partial charge on any atom is -0.482 e. The average Bonchev–Trinajstić information content (AvgIpc) is 3.74. The molecule has 2 fully saturated rings. The van der Waals surface area contributed by atoms with Crippen LogP contribution in [0, 0.1) is 5.82 Å². The number of nitrogens with one attached hydrogen (secondary N) is 2. The first-order valence-corrected chi connectivity index (χ1v) is 18.1. The molecule has 1 unspecified atom stereocenters. The van der Waals surface area contributed by atoms with Gasteiger partial charge in [-0.25, -0.2) is 9.37 Å². The molecule has 17 heteroatoms. The lowest BCUT2D eigenvalue weighted by atomic mass is 10.0. The Hall–Kier alpha value is -5.54. The van der Waals surface area contributed by atoms with Crippen LogP contribution in [-0.4, -0.2) is 79.8 Å². The summed E-state index contributed by atoms with van der Waals surface area (Å²) in [6.07, 6.45) is 6.11. The van der Waals surface area contributed by atoms with Crippen molar-refractivity contribution in [1.29, 1.82) is 0 Å². The van der Waals surface area contributed by atoms with Crippen molar-refractivity contribution in [2.24, 2.45) is 0 Å². The molecule has 54 heavy (non-hydrogen) atoms. The lowest BCUT2D eigenvalue weighted by Crippen LogP contribution is -2.54. The number of likely N-dealkylation sites (tertiary alicyclic amines) is 1. The van der Waals surface area contributed by atoms with Crippen LogP contribution in [-0.2, 0) is 14.4 Å². The lowest BCUT2D eigenvalue weighted by Gasteiger charge is -2.32. The van der Waals surface area contributed by atoms with E-state index in [-0.39, 0.29) is 70.5 Å². The van der Waals surface area contributed by atoms with Gasteiger partial charge in [-0.05, 0) is 56.5 Å². The number of hydrogen-bond donors (Lipinski definition) is 3. The van der Waals surface area contributed by atoms with Crippen molar-refractivity contribution in [3.63, 3.8) is 0 Å². The summed E-state index contributed by atoms with van der Waals surface area (Å²) in [5.41, 5.74) is 8.59. The second-order valence-electron chi connectivity index (χ2n) is 13.3. The molecule has 0 spiro atoms. The molecule has 5 heterocycles. The van der Waals surface area contributed by atoms with Gasteiger partial charge in [-0.15, -0.1) is 0 Å². The van der Waals surface area contributed by atoms with E-state index < -0.39 is 41.6 Å². The van der Waals surface area contributed by atoms with Gasteiger partial charge in [0.15, 0.2) is 11.6 Å². The number of piperidine rings is 2. The van der Waals surface area contributed by atoms with Gasteiger partial charge in [0.05, 0.1) is 28.4 Å². The monoisotopic (exact) mass is 776 g/mol. The fraction of sp³-hybridized carbons (Fsp3) is 0.324. The number of pyridine rings is 1. The zero-order valence-electron chi connectivity index (χ0n) is 29.0. The molecule has 0 saturated carbocycles. The fourth-order valence-electron chi connectivity index (χ4n) is 7.06. The van der Waals surface area contributed by atoms with Crippen molar-refractivity contribution in [3.8, 4) is 16.9 Å². The fourth-order valence-corrected chi connectivity index (χ4v) is 7.74. The van der Waals surface area contributed by atoms with Crippen LogP contribution in [0.5, 0.6) is 5.75 Å². The molecular formula is C37H35Cl2FN8O6. The maximum atomic E-state index is 14.1. The van der Waals surface area contributed by atoms with E-state index in [1.807, 2.05) is 10.9 Å². The lowest BCUT2D eigenvalue weighted by molar-refractivity contribution is -0.136. The van der Waals surface area contributed by atoms with Crippen LogP contribution >= 0.6 is 23.2 Å². The van der Waals surface area contributed by atoms with Crippen molar-refractivity contribution in [2.45, 2.75) is 57.2 Å². The van der Waals surface area contributed by atoms with Crippen molar-refractivity contribution in [1.82, 2.24) is 29.9 Å². The number of rotatable bonds is 10. The summed E-state index contributed by atoms with van der Waals surface area (Å²) in [5.74, 6) is -2.58. The Balaban J connectivity index is 0.926. The zero-order chi connectivity index (χ0) is 38.3. The SMILES string of the molecule is C[C@@H](Oc1cc(-c2cnn(C3CCN(C(=O)CCNc4cccc5c4C(=O)N(C4CCC(=O)NC4=O)C5=O)CC3)c2)cnc1N)c1c(Cl)ccc(F)c1Cl. The highest BCUT2D eigenvalue weighted by Crippen LogP contribution is 2.37. The highest BCUT2D eigenvalue weighted by Gasteiger charge is 2.45. The van der Waals surface area contributed by atoms with E-state index in [4.69, 9.17) is 33.7 Å². The van der Waals surface area contributed by atoms with Crippen LogP contribution in [0.2, 0.25) is 10.0 Å². The number of benzene rings is 2. The molecule has 7 rings (SSSR count). The summed E-state index contributed by atoms with van der Waals surface area (Å²) < 4.78 is 22.0. The first-order chi connectivity index (χ1) is 25.9. The van der Waals surface area contributed by atoms with E-state index >= 15 is 0 Å². The molecule has 2 atom stereocenters. The van der Waals surface area contributed by atoms with Crippen molar-refractivity contribution in [3.05, 3.63) is 87.5 Å². The number of carbonyl (C=O) groups excluding carboxylic acids is 5. The molecule has 14 nitrogen and oxygen atoms in total. The Morgan fingerprint density at radius 3 is 2.61 bits per heavy atom. The molecule has 5 amide bonds. The van der Waals surface area contributed by atoms with E-state index in [0.717, 1.165) is 10.5 Å². The van der Waals surface area contributed by atoms with Gasteiger partial charge in [-0.2, -0.15) is 5.10 Å². The smallest absolute Gasteiger partial charge is 0.264 e. The minimum atomic E-state index is -1.06. The van der Waals surface area contributed by atoms with Gasteiger partial charge in [0, 0.05) is 72.3 Å². The van der Waals surface area contributed by atoms with Gasteiger partial charge in [-0.1, -0.05) is 29.3 Å². The number of ether oxygens (including phenoxy) is 1. The van der Waals surface area contributed by atoms with E-state index in [9.17, 15) is 28.4 Å². The molecule has 0 aliphatic carbocycles. The average molecular weight is 778 g/mol. The van der Waals surface area contributed by atoms with Crippen LogP contribution in [0.25, 0.3) is 11.1 Å². The number of nitrogen functional groups attached to an aromatic ring is 1. The predicted molar refractivity (Wildman–Crippen MR) is 196 cm³/mol. The number of anilines is 2. The summed E-state index contributed by atoms with van der Waals surface area (Å²) in [5, 5.41) is 10.0. The van der Waals surface area contributed by atoms with Gasteiger partial charge in [0.2, 0.25) is 17.7 Å². The number of aromatic nitrogens is 3. The van der Waals surface area contributed by atoms with E-state index in [0.29, 0.717) is 42.7 Å². The number of hydrogen-bond acceptors (Lipinski definition) is 10. The molecule has 3 aliphatic rings. The van der Waals surface area contributed by atoms with Gasteiger partial charge in [0.1, 0.15) is 18.0 Å². The Kier molecular flexibility index (Phi) is 10.3. The molecule has 2 aromatic carbocycles. The van der Waals surface area contributed by atoms with Gasteiger partial charge < -0.3 is 20.7 Å². The van der Waals surface area contributed by atoms with E-state index in [2.05, 4.69) is 20.7 Å². The van der Waals surface area contributed by atoms with Crippen LogP contribution in [0.4, 0.5) is 15.9 Å². The molecule has 4 aromatic rings. The van der Waals surface area contributed by atoms with Gasteiger partial charge in [0.25, 0.3) is 11.8 Å². The molecule has 4 N–H and O–H groups in total. The van der Waals surface area contributed by atoms with Crippen LogP contribution in [0.15, 0.2) is 55.0 Å². The van der Waals surface area contributed by atoms with Gasteiger partial charge >= 0.3 is 0 Å². The van der Waals surface area contributed by atoms with Gasteiger partial charge in [-0.3, -0.25) is 38.9 Å². The second kappa shape index (κ2) is 15.1. The zero-order valence-corrected chi connectivity index (χ0v) is 30.5. The minimum absolute atomic E-state index is 0.0311.